The monoisotopic (exact) mass is 434 g/mol. The van der Waals surface area contributed by atoms with E-state index in [1.807, 2.05) is 20.0 Å². The number of rotatable bonds is 5. The molecule has 8 heteroatoms. The highest BCUT2D eigenvalue weighted by molar-refractivity contribution is 5.85. The summed E-state index contributed by atoms with van der Waals surface area (Å²) >= 11 is 0. The average molecular weight is 435 g/mol. The largest absolute Gasteiger partial charge is 0.488 e. The molecule has 8 nitrogen and oxygen atoms in total. The van der Waals surface area contributed by atoms with Crippen LogP contribution in [0.2, 0.25) is 0 Å². The number of aryl methyl sites for hydroxylation is 2. The molecule has 3 heterocycles. The summed E-state index contributed by atoms with van der Waals surface area (Å²) in [6, 6.07) is 4.62. The van der Waals surface area contributed by atoms with Crippen LogP contribution < -0.4 is 15.0 Å². The number of nitrogens with zero attached hydrogens (tertiary/aromatic N) is 5. The minimum absolute atomic E-state index is 0.169. The minimum atomic E-state index is 0.169. The van der Waals surface area contributed by atoms with E-state index in [-0.39, 0.29) is 6.10 Å². The van der Waals surface area contributed by atoms with Crippen LogP contribution in [0.4, 0.5) is 11.5 Å². The Morgan fingerprint density at radius 2 is 1.78 bits per heavy atom. The summed E-state index contributed by atoms with van der Waals surface area (Å²) in [7, 11) is 0. The number of nitrogens with one attached hydrogen (secondary N) is 1. The molecule has 0 bridgehead atoms. The van der Waals surface area contributed by atoms with Gasteiger partial charge in [0.05, 0.1) is 36.2 Å². The Hall–Kier alpha value is -3.00. The van der Waals surface area contributed by atoms with Crippen LogP contribution in [0.15, 0.2) is 30.7 Å². The lowest BCUT2D eigenvalue weighted by Crippen LogP contribution is -2.36. The molecule has 3 aromatic rings. The van der Waals surface area contributed by atoms with Crippen molar-refractivity contribution in [3.8, 4) is 5.75 Å². The van der Waals surface area contributed by atoms with Gasteiger partial charge in [-0.2, -0.15) is 0 Å². The smallest absolute Gasteiger partial charge is 0.149 e. The van der Waals surface area contributed by atoms with Gasteiger partial charge >= 0.3 is 0 Å². The molecular weight excluding hydrogens is 404 g/mol. The molecule has 1 N–H and O–H groups in total. The molecule has 0 amide bonds. The third-order valence-corrected chi connectivity index (χ3v) is 6.28. The number of hydrogen-bond acceptors (Lipinski definition) is 8. The molecule has 1 aromatic carbocycles. The van der Waals surface area contributed by atoms with Crippen molar-refractivity contribution >= 4 is 22.5 Å². The Morgan fingerprint density at radius 3 is 2.59 bits per heavy atom. The molecular formula is C24H30N6O2. The average Bonchev–Trinajstić information content (AvgIpc) is 2.83. The molecule has 1 saturated carbocycles. The van der Waals surface area contributed by atoms with E-state index in [4.69, 9.17) is 9.47 Å². The van der Waals surface area contributed by atoms with Crippen molar-refractivity contribution in [2.75, 3.05) is 36.5 Å². The number of anilines is 2. The van der Waals surface area contributed by atoms with E-state index >= 15 is 0 Å². The molecule has 0 atom stereocenters. The summed E-state index contributed by atoms with van der Waals surface area (Å²) < 4.78 is 12.0. The van der Waals surface area contributed by atoms with Crippen molar-refractivity contribution in [2.24, 2.45) is 0 Å². The van der Waals surface area contributed by atoms with Crippen molar-refractivity contribution in [3.05, 3.63) is 42.1 Å². The summed E-state index contributed by atoms with van der Waals surface area (Å²) in [6.45, 7) is 7.22. The van der Waals surface area contributed by atoms with E-state index in [0.29, 0.717) is 6.04 Å². The highest BCUT2D eigenvalue weighted by Crippen LogP contribution is 2.33. The first-order valence-corrected chi connectivity index (χ1v) is 11.5. The standard InChI is InChI=1S/C24H30N6O2/c1-16-15-27-17(2)24(28-16)29-18-3-5-20(6-4-18)32-22-14-19(30-9-11-31-12-10-30)13-21-23(22)26-8-7-25-21/h7-8,13-15,18,20H,3-6,9-12H2,1-2H3,(H,28,29)/t18-,20+. The number of hydrogen-bond donors (Lipinski definition) is 1. The molecule has 2 aliphatic rings. The van der Waals surface area contributed by atoms with Gasteiger partial charge in [-0.25, -0.2) is 9.97 Å². The Balaban J connectivity index is 1.28. The van der Waals surface area contributed by atoms with E-state index < -0.39 is 0 Å². The van der Waals surface area contributed by atoms with Gasteiger partial charge in [0.25, 0.3) is 0 Å². The van der Waals surface area contributed by atoms with Gasteiger partial charge < -0.3 is 19.7 Å². The normalized spacial score (nSPS) is 21.5. The van der Waals surface area contributed by atoms with Gasteiger partial charge in [-0.15, -0.1) is 0 Å². The van der Waals surface area contributed by atoms with Crippen LogP contribution in [0.5, 0.6) is 5.75 Å². The molecule has 0 unspecified atom stereocenters. The topological polar surface area (TPSA) is 85.3 Å². The van der Waals surface area contributed by atoms with Crippen molar-refractivity contribution in [3.63, 3.8) is 0 Å². The lowest BCUT2D eigenvalue weighted by Gasteiger charge is -2.31. The van der Waals surface area contributed by atoms with Gasteiger partial charge in [-0.05, 0) is 45.6 Å². The van der Waals surface area contributed by atoms with Crippen LogP contribution in [-0.2, 0) is 4.74 Å². The Labute approximate surface area is 188 Å². The number of fused-ring (bicyclic) bond motifs is 1. The molecule has 32 heavy (non-hydrogen) atoms. The second-order valence-electron chi connectivity index (χ2n) is 8.65. The first kappa shape index (κ1) is 20.9. The molecule has 168 valence electrons. The Bertz CT molecular complexity index is 1080. The maximum Gasteiger partial charge on any atom is 0.149 e. The number of benzene rings is 1. The van der Waals surface area contributed by atoms with Gasteiger partial charge in [0.1, 0.15) is 17.1 Å². The van der Waals surface area contributed by atoms with E-state index in [9.17, 15) is 0 Å². The lowest BCUT2D eigenvalue weighted by molar-refractivity contribution is 0.122. The van der Waals surface area contributed by atoms with Crippen LogP contribution in [0.3, 0.4) is 0 Å². The fraction of sp³-hybridized carbons (Fsp3) is 0.500. The maximum atomic E-state index is 6.53. The highest BCUT2D eigenvalue weighted by atomic mass is 16.5. The van der Waals surface area contributed by atoms with Crippen molar-refractivity contribution in [1.82, 2.24) is 19.9 Å². The fourth-order valence-corrected chi connectivity index (χ4v) is 4.49. The van der Waals surface area contributed by atoms with Gasteiger partial charge in [0.2, 0.25) is 0 Å². The first-order chi connectivity index (χ1) is 15.7. The third-order valence-electron chi connectivity index (χ3n) is 6.28. The van der Waals surface area contributed by atoms with Gasteiger partial charge in [-0.1, -0.05) is 0 Å². The highest BCUT2D eigenvalue weighted by Gasteiger charge is 2.25. The molecule has 0 radical (unpaired) electrons. The van der Waals surface area contributed by atoms with Crippen LogP contribution in [0.25, 0.3) is 11.0 Å². The lowest BCUT2D eigenvalue weighted by atomic mass is 9.93. The molecule has 1 aliphatic carbocycles. The van der Waals surface area contributed by atoms with Crippen LogP contribution in [0.1, 0.15) is 37.1 Å². The predicted octanol–water partition coefficient (Wildman–Crippen LogP) is 3.68. The summed E-state index contributed by atoms with van der Waals surface area (Å²) in [5.74, 6) is 1.72. The van der Waals surface area contributed by atoms with Crippen LogP contribution >= 0.6 is 0 Å². The van der Waals surface area contributed by atoms with Crippen molar-refractivity contribution in [1.29, 1.82) is 0 Å². The van der Waals surface area contributed by atoms with Crippen molar-refractivity contribution in [2.45, 2.75) is 51.7 Å². The van der Waals surface area contributed by atoms with Gasteiger partial charge in [0.15, 0.2) is 0 Å². The fourth-order valence-electron chi connectivity index (χ4n) is 4.49. The Morgan fingerprint density at radius 1 is 1.00 bits per heavy atom. The van der Waals surface area contributed by atoms with Gasteiger partial charge in [0, 0.05) is 49.5 Å². The number of morpholine rings is 1. The molecule has 5 rings (SSSR count). The quantitative estimate of drug-likeness (QED) is 0.651. The Kier molecular flexibility index (Phi) is 6.03. The third kappa shape index (κ3) is 4.60. The SMILES string of the molecule is Cc1cnc(C)c(N[C@H]2CC[C@@H](Oc3cc(N4CCOCC4)cc4nccnc34)CC2)n1. The van der Waals surface area contributed by atoms with Crippen LogP contribution in [0, 0.1) is 13.8 Å². The molecule has 2 fully saturated rings. The first-order valence-electron chi connectivity index (χ1n) is 11.5. The van der Waals surface area contributed by atoms with Gasteiger partial charge in [-0.3, -0.25) is 9.97 Å². The van der Waals surface area contributed by atoms with Crippen molar-refractivity contribution < 1.29 is 9.47 Å². The minimum Gasteiger partial charge on any atom is -0.488 e. The van der Waals surface area contributed by atoms with E-state index in [2.05, 4.69) is 42.3 Å². The zero-order chi connectivity index (χ0) is 21.9. The molecule has 1 saturated heterocycles. The summed E-state index contributed by atoms with van der Waals surface area (Å²) in [5, 5.41) is 3.59. The van der Waals surface area contributed by atoms with E-state index in [1.165, 1.54) is 0 Å². The summed E-state index contributed by atoms with van der Waals surface area (Å²) in [5.41, 5.74) is 4.70. The maximum absolute atomic E-state index is 6.53. The predicted molar refractivity (Wildman–Crippen MR) is 124 cm³/mol. The second kappa shape index (κ2) is 9.24. The summed E-state index contributed by atoms with van der Waals surface area (Å²) in [4.78, 5) is 20.5. The van der Waals surface area contributed by atoms with Crippen LogP contribution in [-0.4, -0.2) is 58.4 Å². The molecule has 1 aliphatic heterocycles. The molecule has 2 aromatic heterocycles. The van der Waals surface area contributed by atoms with E-state index in [1.54, 1.807) is 12.4 Å². The zero-order valence-corrected chi connectivity index (χ0v) is 18.8. The molecule has 0 spiro atoms. The second-order valence-corrected chi connectivity index (χ2v) is 8.65. The number of ether oxygens (including phenoxy) is 2. The van der Waals surface area contributed by atoms with E-state index in [0.717, 1.165) is 91.7 Å². The number of aromatic nitrogens is 4. The zero-order valence-electron chi connectivity index (χ0n) is 18.8. The summed E-state index contributed by atoms with van der Waals surface area (Å²) in [6.07, 6.45) is 9.49.